The first-order chi connectivity index (χ1) is 14.1. The van der Waals surface area contributed by atoms with Gasteiger partial charge in [0.2, 0.25) is 0 Å². The van der Waals surface area contributed by atoms with E-state index in [-0.39, 0.29) is 11.6 Å². The minimum Gasteiger partial charge on any atom is -0.497 e. The number of nitrogens with zero attached hydrogens (tertiary/aromatic N) is 1. The first-order valence-electron chi connectivity index (χ1n) is 9.26. The third-order valence-corrected chi connectivity index (χ3v) is 4.46. The smallest absolute Gasteiger partial charge is 0.346 e. The summed E-state index contributed by atoms with van der Waals surface area (Å²) < 4.78 is 10.3. The van der Waals surface area contributed by atoms with Crippen molar-refractivity contribution >= 4 is 5.91 Å². The van der Waals surface area contributed by atoms with E-state index in [1.807, 2.05) is 24.3 Å². The number of nitrogens with one attached hydrogen (secondary N) is 2. The quantitative estimate of drug-likeness (QED) is 0.574. The van der Waals surface area contributed by atoms with Crippen LogP contribution in [-0.2, 0) is 6.42 Å². The highest BCUT2D eigenvalue weighted by molar-refractivity contribution is 5.93. The molecule has 0 saturated heterocycles. The predicted octanol–water partition coefficient (Wildman–Crippen LogP) is 2.82. The Morgan fingerprint density at radius 1 is 1.00 bits per heavy atom. The first kappa shape index (κ1) is 20.1. The van der Waals surface area contributed by atoms with Crippen molar-refractivity contribution in [3.05, 3.63) is 76.3 Å². The normalized spacial score (nSPS) is 10.4. The molecule has 1 heterocycles. The molecule has 1 amide bonds. The van der Waals surface area contributed by atoms with Gasteiger partial charge in [-0.15, -0.1) is 0 Å². The summed E-state index contributed by atoms with van der Waals surface area (Å²) in [5.41, 5.74) is 1.94. The molecule has 0 atom stereocenters. The Balaban J connectivity index is 1.59. The SMILES string of the molecule is COc1ccc(CCCNC(=O)c2cc(-c3ccc(OC)cc3)nc(=O)[nH]2)cc1. The van der Waals surface area contributed by atoms with Gasteiger partial charge >= 0.3 is 5.69 Å². The van der Waals surface area contributed by atoms with E-state index >= 15 is 0 Å². The van der Waals surface area contributed by atoms with Gasteiger partial charge in [-0.1, -0.05) is 12.1 Å². The maximum atomic E-state index is 12.4. The lowest BCUT2D eigenvalue weighted by Crippen LogP contribution is -2.28. The summed E-state index contributed by atoms with van der Waals surface area (Å²) in [4.78, 5) is 30.8. The second-order valence-corrected chi connectivity index (χ2v) is 6.42. The van der Waals surface area contributed by atoms with Crippen molar-refractivity contribution in [1.82, 2.24) is 15.3 Å². The highest BCUT2D eigenvalue weighted by Crippen LogP contribution is 2.20. The Morgan fingerprint density at radius 3 is 2.24 bits per heavy atom. The van der Waals surface area contributed by atoms with Gasteiger partial charge in [0.1, 0.15) is 17.2 Å². The van der Waals surface area contributed by atoms with Crippen molar-refractivity contribution in [1.29, 1.82) is 0 Å². The standard InChI is InChI=1S/C22H23N3O4/c1-28-17-9-5-15(6-10-17)4-3-13-23-21(26)20-14-19(24-22(27)25-20)16-7-11-18(29-2)12-8-16/h5-12,14H,3-4,13H2,1-2H3,(H,23,26)(H,24,25,27). The van der Waals surface area contributed by atoms with Crippen LogP contribution < -0.4 is 20.5 Å². The number of aromatic nitrogens is 2. The van der Waals surface area contributed by atoms with Crippen LogP contribution in [0.5, 0.6) is 11.5 Å². The zero-order valence-corrected chi connectivity index (χ0v) is 16.4. The fourth-order valence-corrected chi connectivity index (χ4v) is 2.87. The maximum Gasteiger partial charge on any atom is 0.346 e. The van der Waals surface area contributed by atoms with Gasteiger partial charge in [0, 0.05) is 12.1 Å². The third kappa shape index (κ3) is 5.44. The van der Waals surface area contributed by atoms with E-state index in [1.54, 1.807) is 44.6 Å². The van der Waals surface area contributed by atoms with Crippen LogP contribution in [0.1, 0.15) is 22.5 Å². The summed E-state index contributed by atoms with van der Waals surface area (Å²) in [6.07, 6.45) is 1.60. The Kier molecular flexibility index (Phi) is 6.63. The predicted molar refractivity (Wildman–Crippen MR) is 110 cm³/mol. The molecule has 0 saturated carbocycles. The summed E-state index contributed by atoms with van der Waals surface area (Å²) in [6.45, 7) is 0.493. The first-order valence-corrected chi connectivity index (χ1v) is 9.26. The van der Waals surface area contributed by atoms with Crippen LogP contribution in [0.3, 0.4) is 0 Å². The van der Waals surface area contributed by atoms with Crippen molar-refractivity contribution in [2.45, 2.75) is 12.8 Å². The number of carbonyl (C=O) groups excluding carboxylic acids is 1. The molecule has 29 heavy (non-hydrogen) atoms. The number of hydrogen-bond acceptors (Lipinski definition) is 5. The molecule has 2 N–H and O–H groups in total. The van der Waals surface area contributed by atoms with E-state index in [0.717, 1.165) is 24.2 Å². The molecule has 2 aromatic carbocycles. The third-order valence-electron chi connectivity index (χ3n) is 4.46. The number of H-pyrrole nitrogens is 1. The van der Waals surface area contributed by atoms with Gasteiger partial charge in [-0.25, -0.2) is 4.79 Å². The van der Waals surface area contributed by atoms with Gasteiger partial charge < -0.3 is 19.8 Å². The summed E-state index contributed by atoms with van der Waals surface area (Å²) in [5.74, 6) is 1.18. The second-order valence-electron chi connectivity index (χ2n) is 6.42. The van der Waals surface area contributed by atoms with E-state index in [4.69, 9.17) is 9.47 Å². The molecule has 0 aliphatic heterocycles. The zero-order chi connectivity index (χ0) is 20.6. The molecule has 0 fully saturated rings. The summed E-state index contributed by atoms with van der Waals surface area (Å²) in [5, 5.41) is 2.83. The lowest BCUT2D eigenvalue weighted by molar-refractivity contribution is 0.0948. The Morgan fingerprint density at radius 2 is 1.62 bits per heavy atom. The van der Waals surface area contributed by atoms with Crippen molar-refractivity contribution in [3.8, 4) is 22.8 Å². The molecule has 0 bridgehead atoms. The molecular weight excluding hydrogens is 370 g/mol. The van der Waals surface area contributed by atoms with E-state index in [2.05, 4.69) is 15.3 Å². The van der Waals surface area contributed by atoms with E-state index in [9.17, 15) is 9.59 Å². The number of carbonyl (C=O) groups is 1. The number of hydrogen-bond donors (Lipinski definition) is 2. The van der Waals surface area contributed by atoms with Crippen LogP contribution in [0.15, 0.2) is 59.4 Å². The Hall–Kier alpha value is -3.61. The van der Waals surface area contributed by atoms with Gasteiger partial charge in [0.25, 0.3) is 5.91 Å². The minimum atomic E-state index is -0.568. The molecule has 0 radical (unpaired) electrons. The number of rotatable bonds is 8. The molecule has 3 rings (SSSR count). The highest BCUT2D eigenvalue weighted by Gasteiger charge is 2.10. The van der Waals surface area contributed by atoms with E-state index in [0.29, 0.717) is 18.0 Å². The van der Waals surface area contributed by atoms with Crippen LogP contribution in [0.25, 0.3) is 11.3 Å². The molecule has 7 heteroatoms. The molecule has 7 nitrogen and oxygen atoms in total. The molecule has 1 aromatic heterocycles. The highest BCUT2D eigenvalue weighted by atomic mass is 16.5. The molecule has 150 valence electrons. The van der Waals surface area contributed by atoms with Gasteiger partial charge in [0.05, 0.1) is 19.9 Å². The van der Waals surface area contributed by atoms with Gasteiger partial charge in [-0.3, -0.25) is 4.79 Å². The molecule has 3 aromatic rings. The van der Waals surface area contributed by atoms with Gasteiger partial charge in [-0.2, -0.15) is 4.98 Å². The topological polar surface area (TPSA) is 93.3 Å². The van der Waals surface area contributed by atoms with Crippen LogP contribution >= 0.6 is 0 Å². The number of ether oxygens (including phenoxy) is 2. The number of aromatic amines is 1. The monoisotopic (exact) mass is 393 g/mol. The summed E-state index contributed by atoms with van der Waals surface area (Å²) in [7, 11) is 3.21. The number of benzene rings is 2. The minimum absolute atomic E-state index is 0.181. The second kappa shape index (κ2) is 9.54. The lowest BCUT2D eigenvalue weighted by atomic mass is 10.1. The van der Waals surface area contributed by atoms with E-state index in [1.165, 1.54) is 5.56 Å². The maximum absolute atomic E-state index is 12.4. The largest absolute Gasteiger partial charge is 0.497 e. The fourth-order valence-electron chi connectivity index (χ4n) is 2.87. The van der Waals surface area contributed by atoms with Crippen molar-refractivity contribution < 1.29 is 14.3 Å². The average Bonchev–Trinajstić information content (AvgIpc) is 2.76. The van der Waals surface area contributed by atoms with Crippen molar-refractivity contribution in [2.75, 3.05) is 20.8 Å². The van der Waals surface area contributed by atoms with E-state index < -0.39 is 5.69 Å². The zero-order valence-electron chi connectivity index (χ0n) is 16.4. The van der Waals surface area contributed by atoms with Crippen LogP contribution in [0.2, 0.25) is 0 Å². The molecule has 0 aliphatic rings. The van der Waals surface area contributed by atoms with Crippen LogP contribution in [0.4, 0.5) is 0 Å². The summed E-state index contributed by atoms with van der Waals surface area (Å²) in [6, 6.07) is 16.5. The Labute approximate surface area is 168 Å². The van der Waals surface area contributed by atoms with Gasteiger partial charge in [0.15, 0.2) is 0 Å². The molecule has 0 aliphatic carbocycles. The lowest BCUT2D eigenvalue weighted by Gasteiger charge is -2.08. The average molecular weight is 393 g/mol. The summed E-state index contributed by atoms with van der Waals surface area (Å²) >= 11 is 0. The van der Waals surface area contributed by atoms with Gasteiger partial charge in [-0.05, 0) is 60.9 Å². The van der Waals surface area contributed by atoms with Crippen molar-refractivity contribution in [3.63, 3.8) is 0 Å². The Bertz CT molecular complexity index is 1010. The molecular formula is C22H23N3O4. The number of methoxy groups -OCH3 is 2. The number of aryl methyl sites for hydroxylation is 1. The van der Waals surface area contributed by atoms with Crippen LogP contribution in [0, 0.1) is 0 Å². The fraction of sp³-hybridized carbons (Fsp3) is 0.227. The molecule has 0 unspecified atom stereocenters. The van der Waals surface area contributed by atoms with Crippen molar-refractivity contribution in [2.24, 2.45) is 0 Å². The number of amides is 1. The van der Waals surface area contributed by atoms with Crippen LogP contribution in [-0.4, -0.2) is 36.6 Å². The molecule has 0 spiro atoms.